The molecule has 0 fully saturated rings. The van der Waals surface area contributed by atoms with Crippen LogP contribution in [0, 0.1) is 0 Å². The van der Waals surface area contributed by atoms with E-state index in [1.165, 1.54) is 12.4 Å². The van der Waals surface area contributed by atoms with Crippen molar-refractivity contribution in [2.75, 3.05) is 0 Å². The maximum absolute atomic E-state index is 11.8. The van der Waals surface area contributed by atoms with E-state index in [1.807, 2.05) is 24.3 Å². The van der Waals surface area contributed by atoms with Crippen LogP contribution < -0.4 is 0 Å². The number of rotatable bonds is 3. The summed E-state index contributed by atoms with van der Waals surface area (Å²) in [5, 5.41) is 0.234. The summed E-state index contributed by atoms with van der Waals surface area (Å²) in [6.45, 7) is 1.80. The summed E-state index contributed by atoms with van der Waals surface area (Å²) in [6, 6.07) is 7.55. The first-order valence-corrected chi connectivity index (χ1v) is 6.67. The number of ether oxygens (including phenoxy) is 1. The zero-order valence-electron chi connectivity index (χ0n) is 10.0. The van der Waals surface area contributed by atoms with Crippen molar-refractivity contribution in [3.05, 3.63) is 57.5 Å². The van der Waals surface area contributed by atoms with E-state index in [4.69, 9.17) is 16.3 Å². The van der Waals surface area contributed by atoms with Crippen molar-refractivity contribution in [2.24, 2.45) is 0 Å². The van der Waals surface area contributed by atoms with Gasteiger partial charge >= 0.3 is 5.97 Å². The second-order valence-electron chi connectivity index (χ2n) is 3.82. The van der Waals surface area contributed by atoms with E-state index in [0.29, 0.717) is 0 Å². The van der Waals surface area contributed by atoms with Gasteiger partial charge in [-0.3, -0.25) is 0 Å². The second kappa shape index (κ2) is 6.12. The molecule has 2 aromatic rings. The summed E-state index contributed by atoms with van der Waals surface area (Å²) in [5.74, 6) is -0.528. The van der Waals surface area contributed by atoms with Gasteiger partial charge in [0.2, 0.25) is 0 Å². The van der Waals surface area contributed by atoms with Crippen molar-refractivity contribution in [3.63, 3.8) is 0 Å². The number of halogens is 2. The first-order valence-electron chi connectivity index (χ1n) is 5.50. The van der Waals surface area contributed by atoms with Crippen LogP contribution in [0.3, 0.4) is 0 Å². The Kier molecular flexibility index (Phi) is 4.50. The zero-order valence-corrected chi connectivity index (χ0v) is 12.4. The van der Waals surface area contributed by atoms with Crippen LogP contribution in [0.2, 0.25) is 5.15 Å². The molecule has 2 rings (SSSR count). The molecule has 0 bridgehead atoms. The van der Waals surface area contributed by atoms with Crippen molar-refractivity contribution < 1.29 is 9.53 Å². The molecule has 0 aliphatic heterocycles. The Bertz CT molecular complexity index is 572. The van der Waals surface area contributed by atoms with E-state index < -0.39 is 5.97 Å². The van der Waals surface area contributed by atoms with E-state index in [9.17, 15) is 4.79 Å². The van der Waals surface area contributed by atoms with Gasteiger partial charge in [0.05, 0.1) is 12.4 Å². The third kappa shape index (κ3) is 3.75. The summed E-state index contributed by atoms with van der Waals surface area (Å²) in [4.78, 5) is 19.5. The van der Waals surface area contributed by atoms with E-state index >= 15 is 0 Å². The lowest BCUT2D eigenvalue weighted by molar-refractivity contribution is 0.0330. The summed E-state index contributed by atoms with van der Waals surface area (Å²) < 4.78 is 6.27. The largest absolute Gasteiger partial charge is 0.453 e. The van der Waals surface area contributed by atoms with Gasteiger partial charge in [0.1, 0.15) is 11.3 Å². The number of esters is 1. The average Bonchev–Trinajstić information content (AvgIpc) is 2.40. The van der Waals surface area contributed by atoms with E-state index in [2.05, 4.69) is 25.9 Å². The minimum absolute atomic E-state index is 0.133. The van der Waals surface area contributed by atoms with Crippen LogP contribution in [0.25, 0.3) is 0 Å². The van der Waals surface area contributed by atoms with Crippen molar-refractivity contribution in [3.8, 4) is 0 Å². The molecule has 1 atom stereocenters. The normalized spacial score (nSPS) is 11.9. The molecule has 19 heavy (non-hydrogen) atoms. The van der Waals surface area contributed by atoms with Gasteiger partial charge in [-0.05, 0) is 24.6 Å². The van der Waals surface area contributed by atoms with Crippen LogP contribution in [0.1, 0.15) is 29.1 Å². The highest BCUT2D eigenvalue weighted by atomic mass is 79.9. The Morgan fingerprint density at radius 1 is 1.26 bits per heavy atom. The van der Waals surface area contributed by atoms with Crippen LogP contribution in [0.5, 0.6) is 0 Å². The highest BCUT2D eigenvalue weighted by Gasteiger charge is 2.15. The Morgan fingerprint density at radius 3 is 2.53 bits per heavy atom. The molecule has 6 heteroatoms. The quantitative estimate of drug-likeness (QED) is 0.797. The predicted molar refractivity (Wildman–Crippen MR) is 75.0 cm³/mol. The summed E-state index contributed by atoms with van der Waals surface area (Å²) in [7, 11) is 0. The minimum atomic E-state index is -0.528. The Morgan fingerprint density at radius 2 is 1.95 bits per heavy atom. The zero-order chi connectivity index (χ0) is 13.8. The average molecular weight is 342 g/mol. The first kappa shape index (κ1) is 14.0. The number of carbonyl (C=O) groups excluding carboxylic acids is 1. The lowest BCUT2D eigenvalue weighted by atomic mass is 10.1. The fourth-order valence-electron chi connectivity index (χ4n) is 1.44. The monoisotopic (exact) mass is 340 g/mol. The number of aromatic nitrogens is 2. The summed E-state index contributed by atoms with van der Waals surface area (Å²) in [5.41, 5.74) is 1.03. The van der Waals surface area contributed by atoms with E-state index in [0.717, 1.165) is 10.0 Å². The maximum atomic E-state index is 11.8. The van der Waals surface area contributed by atoms with Gasteiger partial charge in [-0.15, -0.1) is 0 Å². The van der Waals surface area contributed by atoms with Gasteiger partial charge in [-0.2, -0.15) is 0 Å². The fourth-order valence-corrected chi connectivity index (χ4v) is 1.80. The summed E-state index contributed by atoms with van der Waals surface area (Å²) in [6.07, 6.45) is 2.24. The van der Waals surface area contributed by atoms with Gasteiger partial charge in [-0.1, -0.05) is 39.7 Å². The SMILES string of the molecule is C[C@@H](OC(=O)c1cnc(Cl)cn1)c1ccc(Br)cc1. The molecule has 0 saturated carbocycles. The molecule has 0 radical (unpaired) electrons. The van der Waals surface area contributed by atoms with Crippen LogP contribution in [0.15, 0.2) is 41.1 Å². The Balaban J connectivity index is 2.06. The molecule has 1 aromatic heterocycles. The molecule has 0 aliphatic carbocycles. The molecule has 0 N–H and O–H groups in total. The smallest absolute Gasteiger partial charge is 0.359 e. The minimum Gasteiger partial charge on any atom is -0.453 e. The van der Waals surface area contributed by atoms with E-state index in [-0.39, 0.29) is 17.0 Å². The van der Waals surface area contributed by atoms with Crippen LogP contribution in [-0.4, -0.2) is 15.9 Å². The lowest BCUT2D eigenvalue weighted by Crippen LogP contribution is -2.11. The molecule has 0 amide bonds. The van der Waals surface area contributed by atoms with Gasteiger partial charge in [-0.25, -0.2) is 14.8 Å². The lowest BCUT2D eigenvalue weighted by Gasteiger charge is -2.13. The van der Waals surface area contributed by atoms with Gasteiger partial charge in [0, 0.05) is 4.47 Å². The fraction of sp³-hybridized carbons (Fsp3) is 0.154. The molecule has 1 heterocycles. The predicted octanol–water partition coefficient (Wildman–Crippen LogP) is 3.81. The molecule has 0 aliphatic rings. The Hall–Kier alpha value is -1.46. The van der Waals surface area contributed by atoms with Gasteiger partial charge in [0.25, 0.3) is 0 Å². The third-order valence-corrected chi connectivity index (χ3v) is 3.18. The topological polar surface area (TPSA) is 52.1 Å². The molecule has 0 saturated heterocycles. The molecule has 98 valence electrons. The van der Waals surface area contributed by atoms with Crippen LogP contribution in [0.4, 0.5) is 0 Å². The van der Waals surface area contributed by atoms with Crippen molar-refractivity contribution >= 4 is 33.5 Å². The van der Waals surface area contributed by atoms with E-state index in [1.54, 1.807) is 6.92 Å². The number of nitrogens with zero attached hydrogens (tertiary/aromatic N) is 2. The highest BCUT2D eigenvalue weighted by Crippen LogP contribution is 2.20. The van der Waals surface area contributed by atoms with Gasteiger partial charge < -0.3 is 4.74 Å². The van der Waals surface area contributed by atoms with Crippen LogP contribution >= 0.6 is 27.5 Å². The standard InChI is InChI=1S/C13H10BrClN2O2/c1-8(9-2-4-10(14)5-3-9)19-13(18)11-6-17-12(15)7-16-11/h2-8H,1H3/t8-/m1/s1. The molecule has 0 spiro atoms. The van der Waals surface area contributed by atoms with Crippen molar-refractivity contribution in [1.29, 1.82) is 0 Å². The number of benzene rings is 1. The summed E-state index contributed by atoms with van der Waals surface area (Å²) >= 11 is 8.95. The number of hydrogen-bond acceptors (Lipinski definition) is 4. The molecule has 4 nitrogen and oxygen atoms in total. The van der Waals surface area contributed by atoms with Crippen molar-refractivity contribution in [1.82, 2.24) is 9.97 Å². The Labute approximate surface area is 123 Å². The first-order chi connectivity index (χ1) is 9.06. The highest BCUT2D eigenvalue weighted by molar-refractivity contribution is 9.10. The molecular weight excluding hydrogens is 332 g/mol. The molecule has 1 aromatic carbocycles. The third-order valence-electron chi connectivity index (χ3n) is 2.45. The molecular formula is C13H10BrClN2O2. The van der Waals surface area contributed by atoms with Crippen molar-refractivity contribution in [2.45, 2.75) is 13.0 Å². The maximum Gasteiger partial charge on any atom is 0.359 e. The number of hydrogen-bond donors (Lipinski definition) is 0. The number of carbonyl (C=O) groups is 1. The van der Waals surface area contributed by atoms with Crippen LogP contribution in [-0.2, 0) is 4.74 Å². The van der Waals surface area contributed by atoms with Gasteiger partial charge in [0.15, 0.2) is 5.69 Å². The second-order valence-corrected chi connectivity index (χ2v) is 5.13. The molecule has 0 unspecified atom stereocenters.